The summed E-state index contributed by atoms with van der Waals surface area (Å²) in [5.41, 5.74) is -0.640. The topological polar surface area (TPSA) is 40.5 Å². The maximum Gasteiger partial charge on any atom is 0.264 e. The lowest BCUT2D eigenvalue weighted by molar-refractivity contribution is -0.0858. The van der Waals surface area contributed by atoms with Crippen LogP contribution in [0.3, 0.4) is 0 Å². The molecule has 0 bridgehead atoms. The van der Waals surface area contributed by atoms with Crippen LogP contribution >= 0.6 is 27.3 Å². The van der Waals surface area contributed by atoms with E-state index in [0.717, 1.165) is 21.5 Å². The van der Waals surface area contributed by atoms with Crippen LogP contribution in [0.4, 0.5) is 0 Å². The van der Waals surface area contributed by atoms with Crippen LogP contribution in [0.2, 0.25) is 0 Å². The SMILES string of the molecule is CCCC1(O)CN(C(=O)c2ccc(Br)s2)C1. The van der Waals surface area contributed by atoms with E-state index in [1.54, 1.807) is 4.90 Å². The molecule has 2 rings (SSSR count). The highest BCUT2D eigenvalue weighted by atomic mass is 79.9. The van der Waals surface area contributed by atoms with Crippen molar-refractivity contribution in [3.05, 3.63) is 20.8 Å². The van der Waals surface area contributed by atoms with Gasteiger partial charge < -0.3 is 10.0 Å². The quantitative estimate of drug-likeness (QED) is 0.932. The monoisotopic (exact) mass is 303 g/mol. The summed E-state index contributed by atoms with van der Waals surface area (Å²) in [5.74, 6) is 0.0245. The minimum absolute atomic E-state index is 0.0245. The molecule has 2 heterocycles. The van der Waals surface area contributed by atoms with Gasteiger partial charge in [-0.15, -0.1) is 11.3 Å². The summed E-state index contributed by atoms with van der Waals surface area (Å²) in [5, 5.41) is 9.98. The number of nitrogens with zero attached hydrogens (tertiary/aromatic N) is 1. The van der Waals surface area contributed by atoms with E-state index in [1.165, 1.54) is 11.3 Å². The van der Waals surface area contributed by atoms with Gasteiger partial charge in [-0.1, -0.05) is 13.3 Å². The van der Waals surface area contributed by atoms with Gasteiger partial charge in [0.2, 0.25) is 0 Å². The highest BCUT2D eigenvalue weighted by Crippen LogP contribution is 2.30. The molecule has 1 amide bonds. The normalized spacial score (nSPS) is 18.3. The number of hydrogen-bond acceptors (Lipinski definition) is 3. The Bertz CT molecular complexity index is 398. The van der Waals surface area contributed by atoms with E-state index < -0.39 is 5.60 Å². The molecule has 1 aromatic heterocycles. The molecule has 3 nitrogen and oxygen atoms in total. The second kappa shape index (κ2) is 4.47. The van der Waals surface area contributed by atoms with Crippen LogP contribution in [0.1, 0.15) is 29.4 Å². The van der Waals surface area contributed by atoms with Gasteiger partial charge in [-0.2, -0.15) is 0 Å². The van der Waals surface area contributed by atoms with E-state index in [4.69, 9.17) is 0 Å². The molecule has 0 unspecified atom stereocenters. The van der Waals surface area contributed by atoms with E-state index in [0.29, 0.717) is 13.1 Å². The van der Waals surface area contributed by atoms with E-state index in [-0.39, 0.29) is 5.91 Å². The van der Waals surface area contributed by atoms with Gasteiger partial charge in [0, 0.05) is 0 Å². The fourth-order valence-electron chi connectivity index (χ4n) is 2.02. The molecule has 0 aliphatic carbocycles. The molecule has 0 aromatic carbocycles. The van der Waals surface area contributed by atoms with Gasteiger partial charge in [-0.3, -0.25) is 4.79 Å². The molecule has 1 fully saturated rings. The van der Waals surface area contributed by atoms with Crippen molar-refractivity contribution in [3.63, 3.8) is 0 Å². The largest absolute Gasteiger partial charge is 0.386 e. The van der Waals surface area contributed by atoms with Crippen LogP contribution in [0.5, 0.6) is 0 Å². The zero-order valence-corrected chi connectivity index (χ0v) is 11.5. The number of likely N-dealkylation sites (tertiary alicyclic amines) is 1. The molecule has 1 aliphatic rings. The predicted molar refractivity (Wildman–Crippen MR) is 67.8 cm³/mol. The first-order valence-corrected chi connectivity index (χ1v) is 6.92. The Labute approximate surface area is 107 Å². The average molecular weight is 304 g/mol. The molecule has 1 aromatic rings. The molecule has 0 atom stereocenters. The van der Waals surface area contributed by atoms with Gasteiger partial charge >= 0.3 is 0 Å². The summed E-state index contributed by atoms with van der Waals surface area (Å²) >= 11 is 4.77. The molecule has 1 N–H and O–H groups in total. The van der Waals surface area contributed by atoms with E-state index in [9.17, 15) is 9.90 Å². The molecule has 16 heavy (non-hydrogen) atoms. The second-order valence-electron chi connectivity index (χ2n) is 4.24. The molecule has 5 heteroatoms. The fraction of sp³-hybridized carbons (Fsp3) is 0.545. The summed E-state index contributed by atoms with van der Waals surface area (Å²) < 4.78 is 0.959. The number of β-amino-alcohol motifs (C(OH)–C–C–N with tert-alkyl or cyclic N) is 1. The lowest BCUT2D eigenvalue weighted by Crippen LogP contribution is -2.63. The first kappa shape index (κ1) is 12.1. The molecule has 88 valence electrons. The van der Waals surface area contributed by atoms with Gasteiger partial charge in [-0.05, 0) is 34.5 Å². The number of carbonyl (C=O) groups excluding carboxylic acids is 1. The third-order valence-corrected chi connectivity index (χ3v) is 4.37. The Morgan fingerprint density at radius 3 is 2.81 bits per heavy atom. The van der Waals surface area contributed by atoms with Crippen LogP contribution in [0.15, 0.2) is 15.9 Å². The fourth-order valence-corrected chi connectivity index (χ4v) is 3.37. The standard InChI is InChI=1S/C11H14BrNO2S/c1-2-5-11(15)6-13(7-11)10(14)8-3-4-9(12)16-8/h3-4,15H,2,5-7H2,1H3. The Morgan fingerprint density at radius 2 is 2.31 bits per heavy atom. The minimum atomic E-state index is -0.640. The molecule has 0 spiro atoms. The summed E-state index contributed by atoms with van der Waals surface area (Å²) in [4.78, 5) is 14.4. The van der Waals surface area contributed by atoms with Crippen molar-refractivity contribution in [3.8, 4) is 0 Å². The van der Waals surface area contributed by atoms with Crippen LogP contribution in [-0.2, 0) is 0 Å². The van der Waals surface area contributed by atoms with Crippen LogP contribution in [-0.4, -0.2) is 34.6 Å². The highest BCUT2D eigenvalue weighted by Gasteiger charge is 2.43. The number of halogens is 1. The lowest BCUT2D eigenvalue weighted by Gasteiger charge is -2.46. The third kappa shape index (κ3) is 2.31. The van der Waals surface area contributed by atoms with Crippen molar-refractivity contribution in [2.75, 3.05) is 13.1 Å². The molecular formula is C11H14BrNO2S. The summed E-state index contributed by atoms with van der Waals surface area (Å²) in [6.07, 6.45) is 1.72. The zero-order valence-electron chi connectivity index (χ0n) is 9.07. The molecule has 1 saturated heterocycles. The highest BCUT2D eigenvalue weighted by molar-refractivity contribution is 9.11. The Balaban J connectivity index is 1.95. The van der Waals surface area contributed by atoms with E-state index in [1.807, 2.05) is 19.1 Å². The van der Waals surface area contributed by atoms with Gasteiger partial charge in [-0.25, -0.2) is 0 Å². The van der Waals surface area contributed by atoms with Crippen molar-refractivity contribution in [2.45, 2.75) is 25.4 Å². The average Bonchev–Trinajstić information content (AvgIpc) is 2.60. The minimum Gasteiger partial charge on any atom is -0.386 e. The van der Waals surface area contributed by atoms with Crippen molar-refractivity contribution in [1.82, 2.24) is 4.90 Å². The predicted octanol–water partition coefficient (Wildman–Crippen LogP) is 2.50. The maximum atomic E-state index is 11.9. The van der Waals surface area contributed by atoms with Crippen molar-refractivity contribution in [2.24, 2.45) is 0 Å². The Kier molecular flexibility index (Phi) is 3.37. The summed E-state index contributed by atoms with van der Waals surface area (Å²) in [6.45, 7) is 2.98. The number of hydrogen-bond donors (Lipinski definition) is 1. The van der Waals surface area contributed by atoms with Crippen LogP contribution < -0.4 is 0 Å². The zero-order chi connectivity index (χ0) is 11.8. The third-order valence-electron chi connectivity index (χ3n) is 2.76. The van der Waals surface area contributed by atoms with Crippen molar-refractivity contribution in [1.29, 1.82) is 0 Å². The van der Waals surface area contributed by atoms with Crippen molar-refractivity contribution >= 4 is 33.2 Å². The number of carbonyl (C=O) groups is 1. The lowest BCUT2D eigenvalue weighted by atomic mass is 9.89. The summed E-state index contributed by atoms with van der Waals surface area (Å²) in [7, 11) is 0. The van der Waals surface area contributed by atoms with E-state index in [2.05, 4.69) is 15.9 Å². The molecular weight excluding hydrogens is 290 g/mol. The maximum absolute atomic E-state index is 11.9. The Hall–Kier alpha value is -0.390. The first-order valence-electron chi connectivity index (χ1n) is 5.31. The van der Waals surface area contributed by atoms with Gasteiger partial charge in [0.05, 0.1) is 27.4 Å². The first-order chi connectivity index (χ1) is 7.54. The number of rotatable bonds is 3. The second-order valence-corrected chi connectivity index (χ2v) is 6.70. The van der Waals surface area contributed by atoms with Gasteiger partial charge in [0.25, 0.3) is 5.91 Å². The van der Waals surface area contributed by atoms with Crippen LogP contribution in [0.25, 0.3) is 0 Å². The Morgan fingerprint density at radius 1 is 1.62 bits per heavy atom. The number of amides is 1. The molecule has 0 radical (unpaired) electrons. The van der Waals surface area contributed by atoms with E-state index >= 15 is 0 Å². The molecule has 0 saturated carbocycles. The van der Waals surface area contributed by atoms with Gasteiger partial charge in [0.1, 0.15) is 0 Å². The van der Waals surface area contributed by atoms with Gasteiger partial charge in [0.15, 0.2) is 0 Å². The number of aliphatic hydroxyl groups is 1. The summed E-state index contributed by atoms with van der Waals surface area (Å²) in [6, 6.07) is 3.68. The number of thiophene rings is 1. The smallest absolute Gasteiger partial charge is 0.264 e. The molecule has 1 aliphatic heterocycles. The van der Waals surface area contributed by atoms with Crippen LogP contribution in [0, 0.1) is 0 Å². The van der Waals surface area contributed by atoms with Crippen molar-refractivity contribution < 1.29 is 9.90 Å².